The second-order valence-corrected chi connectivity index (χ2v) is 7.68. The average molecular weight is 352 g/mol. The van der Waals surface area contributed by atoms with Crippen LogP contribution >= 0.6 is 0 Å². The summed E-state index contributed by atoms with van der Waals surface area (Å²) in [6.45, 7) is 14.0. The molecule has 2 aromatic carbocycles. The Kier molecular flexibility index (Phi) is 6.25. The molecule has 0 saturated heterocycles. The number of hydrogen-bond donors (Lipinski definition) is 0. The van der Waals surface area contributed by atoms with Crippen molar-refractivity contribution < 1.29 is 14.3 Å². The fraction of sp³-hybridized carbons (Fsp3) is 0.348. The summed E-state index contributed by atoms with van der Waals surface area (Å²) in [4.78, 5) is 12.5. The fourth-order valence-corrected chi connectivity index (χ4v) is 2.63. The molecule has 2 rings (SSSR count). The van der Waals surface area contributed by atoms with Crippen LogP contribution in [0, 0.1) is 6.92 Å². The molecule has 0 atom stereocenters. The zero-order valence-corrected chi connectivity index (χ0v) is 16.4. The molecule has 0 N–H and O–H groups in total. The van der Waals surface area contributed by atoms with Gasteiger partial charge >= 0.3 is 5.97 Å². The fourth-order valence-electron chi connectivity index (χ4n) is 2.63. The van der Waals surface area contributed by atoms with E-state index in [4.69, 9.17) is 9.47 Å². The lowest BCUT2D eigenvalue weighted by Crippen LogP contribution is -2.24. The Labute approximate surface area is 156 Å². The zero-order chi connectivity index (χ0) is 19.3. The summed E-state index contributed by atoms with van der Waals surface area (Å²) < 4.78 is 11.6. The van der Waals surface area contributed by atoms with Gasteiger partial charge in [0.05, 0.1) is 5.56 Å². The van der Waals surface area contributed by atoms with Gasteiger partial charge in [0.1, 0.15) is 18.0 Å². The van der Waals surface area contributed by atoms with E-state index in [1.807, 2.05) is 71.0 Å². The van der Waals surface area contributed by atoms with Gasteiger partial charge in [-0.3, -0.25) is 0 Å². The van der Waals surface area contributed by atoms with Gasteiger partial charge in [-0.15, -0.1) is 0 Å². The lowest BCUT2D eigenvalue weighted by atomic mass is 9.98. The van der Waals surface area contributed by atoms with E-state index in [1.54, 1.807) is 6.07 Å². The molecule has 0 amide bonds. The maximum atomic E-state index is 12.5. The van der Waals surface area contributed by atoms with E-state index in [2.05, 4.69) is 6.58 Å². The summed E-state index contributed by atoms with van der Waals surface area (Å²) in [6.07, 6.45) is 0.713. The molecule has 0 unspecified atom stereocenters. The van der Waals surface area contributed by atoms with E-state index < -0.39 is 5.60 Å². The van der Waals surface area contributed by atoms with Crippen molar-refractivity contribution in [3.8, 4) is 5.75 Å². The van der Waals surface area contributed by atoms with Gasteiger partial charge < -0.3 is 9.47 Å². The van der Waals surface area contributed by atoms with E-state index >= 15 is 0 Å². The number of aryl methyl sites for hydroxylation is 1. The maximum Gasteiger partial charge on any atom is 0.338 e. The zero-order valence-electron chi connectivity index (χ0n) is 16.4. The average Bonchev–Trinajstić information content (AvgIpc) is 2.54. The van der Waals surface area contributed by atoms with Crippen molar-refractivity contribution in [3.05, 3.63) is 76.9 Å². The SMILES string of the molecule is C=C(C)Cc1c(C)cc(C(=O)OC(C)(C)C)cc1OCc1ccccc1. The molecule has 26 heavy (non-hydrogen) atoms. The number of allylic oxidation sites excluding steroid dienone is 1. The molecule has 0 aliphatic carbocycles. The summed E-state index contributed by atoms with van der Waals surface area (Å²) in [5.74, 6) is 0.366. The third kappa shape index (κ3) is 5.76. The van der Waals surface area contributed by atoms with Crippen LogP contribution in [0.4, 0.5) is 0 Å². The van der Waals surface area contributed by atoms with Crippen molar-refractivity contribution in [3.63, 3.8) is 0 Å². The summed E-state index contributed by atoms with van der Waals surface area (Å²) in [5.41, 5.74) is 4.15. The first-order chi connectivity index (χ1) is 12.2. The Morgan fingerprint density at radius 3 is 2.35 bits per heavy atom. The van der Waals surface area contributed by atoms with Crippen LogP contribution in [0.25, 0.3) is 0 Å². The number of ether oxygens (including phenoxy) is 2. The van der Waals surface area contributed by atoms with Crippen molar-refractivity contribution in [2.75, 3.05) is 0 Å². The van der Waals surface area contributed by atoms with Crippen LogP contribution in [-0.2, 0) is 17.8 Å². The Bertz CT molecular complexity index is 783. The molecule has 0 aromatic heterocycles. The molecule has 0 saturated carbocycles. The highest BCUT2D eigenvalue weighted by Gasteiger charge is 2.20. The smallest absolute Gasteiger partial charge is 0.338 e. The highest BCUT2D eigenvalue weighted by molar-refractivity contribution is 5.90. The predicted octanol–water partition coefficient (Wildman–Crippen LogP) is 5.65. The standard InChI is InChI=1S/C23H28O3/c1-16(2)12-20-17(3)13-19(22(24)26-23(4,5)6)14-21(20)25-15-18-10-8-7-9-11-18/h7-11,13-14H,1,12,15H2,2-6H3. The molecule has 0 bridgehead atoms. The number of rotatable bonds is 6. The predicted molar refractivity (Wildman–Crippen MR) is 106 cm³/mol. The van der Waals surface area contributed by atoms with Crippen LogP contribution < -0.4 is 4.74 Å². The maximum absolute atomic E-state index is 12.5. The molecule has 0 aliphatic rings. The minimum atomic E-state index is -0.535. The van der Waals surface area contributed by atoms with Crippen LogP contribution in [0.15, 0.2) is 54.6 Å². The summed E-state index contributed by atoms with van der Waals surface area (Å²) >= 11 is 0. The molecule has 138 valence electrons. The largest absolute Gasteiger partial charge is 0.489 e. The molecule has 0 heterocycles. The number of benzene rings is 2. The molecule has 3 heteroatoms. The number of hydrogen-bond acceptors (Lipinski definition) is 3. The van der Waals surface area contributed by atoms with Crippen LogP contribution in [0.2, 0.25) is 0 Å². The van der Waals surface area contributed by atoms with Crippen molar-refractivity contribution in [1.29, 1.82) is 0 Å². The topological polar surface area (TPSA) is 35.5 Å². The van der Waals surface area contributed by atoms with Crippen LogP contribution in [-0.4, -0.2) is 11.6 Å². The summed E-state index contributed by atoms with van der Waals surface area (Å²) in [5, 5.41) is 0. The van der Waals surface area contributed by atoms with E-state index in [9.17, 15) is 4.79 Å². The van der Waals surface area contributed by atoms with Crippen LogP contribution in [0.1, 0.15) is 54.7 Å². The summed E-state index contributed by atoms with van der Waals surface area (Å²) in [6, 6.07) is 13.6. The number of carbonyl (C=O) groups excluding carboxylic acids is 1. The van der Waals surface area contributed by atoms with Gasteiger partial charge in [-0.05, 0) is 64.3 Å². The molecule has 0 aliphatic heterocycles. The van der Waals surface area contributed by atoms with Gasteiger partial charge in [0.2, 0.25) is 0 Å². The quantitative estimate of drug-likeness (QED) is 0.498. The van der Waals surface area contributed by atoms with Gasteiger partial charge in [0.15, 0.2) is 0 Å². The van der Waals surface area contributed by atoms with E-state index in [0.29, 0.717) is 24.3 Å². The second-order valence-electron chi connectivity index (χ2n) is 7.68. The highest BCUT2D eigenvalue weighted by atomic mass is 16.6. The Hall–Kier alpha value is -2.55. The molecule has 0 fully saturated rings. The molecule has 0 radical (unpaired) electrons. The molecular formula is C23H28O3. The second kappa shape index (κ2) is 8.22. The van der Waals surface area contributed by atoms with E-state index in [-0.39, 0.29) is 5.97 Å². The Balaban J connectivity index is 2.34. The normalized spacial score (nSPS) is 11.1. The van der Waals surface area contributed by atoms with E-state index in [0.717, 1.165) is 22.3 Å². The summed E-state index contributed by atoms with van der Waals surface area (Å²) in [7, 11) is 0. The molecule has 3 nitrogen and oxygen atoms in total. The first-order valence-corrected chi connectivity index (χ1v) is 8.83. The Morgan fingerprint density at radius 1 is 1.12 bits per heavy atom. The first-order valence-electron chi connectivity index (χ1n) is 8.83. The van der Waals surface area contributed by atoms with Crippen molar-refractivity contribution in [2.24, 2.45) is 0 Å². The van der Waals surface area contributed by atoms with Gasteiger partial charge in [0.25, 0.3) is 0 Å². The molecule has 0 spiro atoms. The minimum absolute atomic E-state index is 0.341. The lowest BCUT2D eigenvalue weighted by Gasteiger charge is -2.21. The van der Waals surface area contributed by atoms with Gasteiger partial charge in [-0.25, -0.2) is 4.79 Å². The van der Waals surface area contributed by atoms with Crippen molar-refractivity contribution in [1.82, 2.24) is 0 Å². The van der Waals surface area contributed by atoms with Gasteiger partial charge in [-0.2, -0.15) is 0 Å². The molecular weight excluding hydrogens is 324 g/mol. The number of carbonyl (C=O) groups is 1. The lowest BCUT2D eigenvalue weighted by molar-refractivity contribution is 0.00689. The monoisotopic (exact) mass is 352 g/mol. The highest BCUT2D eigenvalue weighted by Crippen LogP contribution is 2.29. The van der Waals surface area contributed by atoms with Gasteiger partial charge in [-0.1, -0.05) is 42.5 Å². The van der Waals surface area contributed by atoms with Crippen LogP contribution in [0.3, 0.4) is 0 Å². The van der Waals surface area contributed by atoms with Crippen molar-refractivity contribution in [2.45, 2.75) is 53.2 Å². The van der Waals surface area contributed by atoms with E-state index in [1.165, 1.54) is 0 Å². The van der Waals surface area contributed by atoms with Crippen molar-refractivity contribution >= 4 is 5.97 Å². The third-order valence-corrected chi connectivity index (χ3v) is 3.78. The van der Waals surface area contributed by atoms with Crippen LogP contribution in [0.5, 0.6) is 5.75 Å². The van der Waals surface area contributed by atoms with Gasteiger partial charge in [0, 0.05) is 5.56 Å². The minimum Gasteiger partial charge on any atom is -0.489 e. The molecule has 2 aromatic rings. The third-order valence-electron chi connectivity index (χ3n) is 3.78. The first kappa shape index (κ1) is 19.8. The number of esters is 1. The Morgan fingerprint density at radius 2 is 1.77 bits per heavy atom.